The minimum Gasteiger partial charge on any atom is -0.484 e. The van der Waals surface area contributed by atoms with Gasteiger partial charge in [0.1, 0.15) is 11.5 Å². The third-order valence-corrected chi connectivity index (χ3v) is 6.55. The van der Waals surface area contributed by atoms with E-state index in [0.717, 1.165) is 25.0 Å². The summed E-state index contributed by atoms with van der Waals surface area (Å²) in [7, 11) is 0. The third-order valence-electron chi connectivity index (χ3n) is 6.55. The van der Waals surface area contributed by atoms with E-state index in [1.54, 1.807) is 0 Å². The average molecular weight is 510 g/mol. The minimum absolute atomic E-state index is 0.0395. The second-order valence-corrected chi connectivity index (χ2v) is 9.00. The zero-order valence-corrected chi connectivity index (χ0v) is 18.8. The lowest BCUT2D eigenvalue weighted by Gasteiger charge is -2.51. The third kappa shape index (κ3) is 5.26. The first kappa shape index (κ1) is 24.0. The first-order valence-corrected chi connectivity index (χ1v) is 11.3. The molecule has 6 rings (SSSR count). The van der Waals surface area contributed by atoms with Crippen LogP contribution in [-0.4, -0.2) is 43.4 Å². The highest BCUT2D eigenvalue weighted by Crippen LogP contribution is 2.46. The van der Waals surface area contributed by atoms with Crippen molar-refractivity contribution in [2.24, 2.45) is 11.8 Å². The molecule has 4 aliphatic rings. The van der Waals surface area contributed by atoms with Crippen LogP contribution in [0.3, 0.4) is 0 Å². The average Bonchev–Trinajstić information content (AvgIpc) is 3.10. The minimum atomic E-state index is -3.74. The molecule has 36 heavy (non-hydrogen) atoms. The molecule has 1 aliphatic heterocycles. The quantitative estimate of drug-likeness (QED) is 0.530. The molecule has 0 saturated heterocycles. The van der Waals surface area contributed by atoms with Crippen molar-refractivity contribution in [3.63, 3.8) is 0 Å². The molecule has 2 amide bonds. The van der Waals surface area contributed by atoms with E-state index in [4.69, 9.17) is 9.47 Å². The van der Waals surface area contributed by atoms with Crippen molar-refractivity contribution in [2.45, 2.75) is 37.6 Å². The molecule has 3 fully saturated rings. The normalized spacial score (nSPS) is 24.9. The number of carbonyl (C=O) groups excluding carboxylic acids is 2. The maximum absolute atomic E-state index is 13.3. The Balaban J connectivity index is 1.08. The molecule has 8 nitrogen and oxygen atoms in total. The molecule has 2 unspecified atom stereocenters. The SMILES string of the molecule is O=C(COc1ccc(F)c(F)c1)NC1CC(NC(=O)COc2ccc3c(c2)OC(F)(F)O3)C2CC1C2. The van der Waals surface area contributed by atoms with Crippen LogP contribution >= 0.6 is 0 Å². The van der Waals surface area contributed by atoms with Crippen LogP contribution in [0.4, 0.5) is 17.6 Å². The van der Waals surface area contributed by atoms with Crippen LogP contribution < -0.4 is 29.6 Å². The zero-order chi connectivity index (χ0) is 25.4. The Morgan fingerprint density at radius 1 is 0.806 bits per heavy atom. The maximum atomic E-state index is 13.3. The molecule has 0 spiro atoms. The molecule has 0 aromatic heterocycles. The summed E-state index contributed by atoms with van der Waals surface area (Å²) in [5, 5.41) is 5.81. The second-order valence-electron chi connectivity index (χ2n) is 9.00. The van der Waals surface area contributed by atoms with Crippen molar-refractivity contribution in [1.82, 2.24) is 10.6 Å². The first-order valence-electron chi connectivity index (χ1n) is 11.3. The molecule has 192 valence electrons. The van der Waals surface area contributed by atoms with Crippen molar-refractivity contribution in [1.29, 1.82) is 0 Å². The molecule has 3 saturated carbocycles. The number of benzene rings is 2. The molecule has 3 aliphatic carbocycles. The van der Waals surface area contributed by atoms with Crippen LogP contribution in [-0.2, 0) is 9.59 Å². The summed E-state index contributed by atoms with van der Waals surface area (Å²) < 4.78 is 71.9. The second kappa shape index (κ2) is 9.40. The Hall–Kier alpha value is -3.70. The summed E-state index contributed by atoms with van der Waals surface area (Å²) in [5.41, 5.74) is 0. The Labute approximate surface area is 202 Å². The van der Waals surface area contributed by atoms with Gasteiger partial charge in [-0.3, -0.25) is 9.59 Å². The number of nitrogens with one attached hydrogen (secondary N) is 2. The number of alkyl halides is 2. The van der Waals surface area contributed by atoms with Crippen molar-refractivity contribution in [2.75, 3.05) is 13.2 Å². The molecule has 2 bridgehead atoms. The number of ether oxygens (including phenoxy) is 4. The Kier molecular flexibility index (Phi) is 6.27. The fraction of sp³-hybridized carbons (Fsp3) is 0.417. The largest absolute Gasteiger partial charge is 0.586 e. The van der Waals surface area contributed by atoms with E-state index in [2.05, 4.69) is 20.1 Å². The number of amides is 2. The molecule has 2 N–H and O–H groups in total. The molecular weight excluding hydrogens is 488 g/mol. The van der Waals surface area contributed by atoms with E-state index in [9.17, 15) is 27.2 Å². The van der Waals surface area contributed by atoms with E-state index in [1.165, 1.54) is 24.3 Å². The highest BCUT2D eigenvalue weighted by atomic mass is 19.3. The van der Waals surface area contributed by atoms with E-state index in [1.807, 2.05) is 0 Å². The summed E-state index contributed by atoms with van der Waals surface area (Å²) in [4.78, 5) is 24.8. The fourth-order valence-electron chi connectivity index (χ4n) is 4.76. The van der Waals surface area contributed by atoms with E-state index in [-0.39, 0.29) is 54.2 Å². The highest BCUT2D eigenvalue weighted by Gasteiger charge is 2.47. The summed E-state index contributed by atoms with van der Waals surface area (Å²) in [6.07, 6.45) is -1.53. The van der Waals surface area contributed by atoms with Gasteiger partial charge in [0.2, 0.25) is 0 Å². The van der Waals surface area contributed by atoms with Crippen molar-refractivity contribution >= 4 is 11.8 Å². The van der Waals surface area contributed by atoms with Crippen LogP contribution in [0.25, 0.3) is 0 Å². The molecule has 2 aromatic rings. The lowest BCUT2D eigenvalue weighted by Crippen LogP contribution is -2.60. The van der Waals surface area contributed by atoms with Gasteiger partial charge in [-0.05, 0) is 55.4 Å². The maximum Gasteiger partial charge on any atom is 0.586 e. The number of fused-ring (bicyclic) bond motifs is 3. The standard InChI is InChI=1S/C24H22F4N2O6/c25-16-3-1-14(7-17(16)26)33-10-22(31)29-18-9-19(13-5-12(18)6-13)30-23(32)11-34-15-2-4-20-21(8-15)36-24(27,28)35-20/h1-4,7-8,12-13,18-19H,5-6,9-11H2,(H,29,31)(H,30,32). The van der Waals surface area contributed by atoms with Crippen LogP contribution in [0.5, 0.6) is 23.0 Å². The molecule has 2 aromatic carbocycles. The van der Waals surface area contributed by atoms with Gasteiger partial charge >= 0.3 is 6.29 Å². The van der Waals surface area contributed by atoms with Gasteiger partial charge < -0.3 is 29.6 Å². The van der Waals surface area contributed by atoms with Gasteiger partial charge in [-0.2, -0.15) is 0 Å². The van der Waals surface area contributed by atoms with Gasteiger partial charge in [0.05, 0.1) is 0 Å². The van der Waals surface area contributed by atoms with Crippen LogP contribution in [0.2, 0.25) is 0 Å². The number of halogens is 4. The zero-order valence-electron chi connectivity index (χ0n) is 18.8. The number of hydrogen-bond acceptors (Lipinski definition) is 6. The Bertz CT molecular complexity index is 1170. The lowest BCUT2D eigenvalue weighted by molar-refractivity contribution is -0.286. The van der Waals surface area contributed by atoms with Gasteiger partial charge in [-0.1, -0.05) is 0 Å². The Morgan fingerprint density at radius 3 is 1.97 bits per heavy atom. The van der Waals surface area contributed by atoms with Crippen molar-refractivity contribution in [3.05, 3.63) is 48.0 Å². The summed E-state index contributed by atoms with van der Waals surface area (Å²) in [5.74, 6) is -2.38. The number of rotatable bonds is 8. The first-order chi connectivity index (χ1) is 17.1. The predicted octanol–water partition coefficient (Wildman–Crippen LogP) is 3.14. The van der Waals surface area contributed by atoms with Crippen molar-refractivity contribution < 1.29 is 46.1 Å². The molecule has 1 heterocycles. The van der Waals surface area contributed by atoms with Gasteiger partial charge in [0.15, 0.2) is 36.3 Å². The summed E-state index contributed by atoms with van der Waals surface area (Å²) in [6, 6.07) is 6.55. The van der Waals surface area contributed by atoms with Gasteiger partial charge in [-0.25, -0.2) is 8.78 Å². The van der Waals surface area contributed by atoms with Crippen molar-refractivity contribution in [3.8, 4) is 23.0 Å². The molecule has 0 radical (unpaired) electrons. The van der Waals surface area contributed by atoms with Crippen LogP contribution in [0.15, 0.2) is 36.4 Å². The number of hydrogen-bond donors (Lipinski definition) is 2. The lowest BCUT2D eigenvalue weighted by atomic mass is 9.60. The van der Waals surface area contributed by atoms with E-state index >= 15 is 0 Å². The highest BCUT2D eigenvalue weighted by molar-refractivity contribution is 5.79. The Morgan fingerprint density at radius 2 is 1.36 bits per heavy atom. The molecule has 2 atom stereocenters. The van der Waals surface area contributed by atoms with E-state index in [0.29, 0.717) is 18.3 Å². The topological polar surface area (TPSA) is 95.1 Å². The predicted molar refractivity (Wildman–Crippen MR) is 115 cm³/mol. The summed E-state index contributed by atoms with van der Waals surface area (Å²) >= 11 is 0. The summed E-state index contributed by atoms with van der Waals surface area (Å²) in [6.45, 7) is -0.689. The van der Waals surface area contributed by atoms with Gasteiger partial charge in [0.25, 0.3) is 11.8 Å². The number of carbonyl (C=O) groups is 2. The smallest absolute Gasteiger partial charge is 0.484 e. The van der Waals surface area contributed by atoms with Gasteiger partial charge in [0, 0.05) is 24.2 Å². The van der Waals surface area contributed by atoms with Crippen LogP contribution in [0.1, 0.15) is 19.3 Å². The van der Waals surface area contributed by atoms with Crippen LogP contribution in [0, 0.1) is 23.5 Å². The van der Waals surface area contributed by atoms with Gasteiger partial charge in [-0.15, -0.1) is 8.78 Å². The molecule has 12 heteroatoms. The molecular formula is C24H22F4N2O6. The van der Waals surface area contributed by atoms with E-state index < -0.39 is 23.8 Å². The monoisotopic (exact) mass is 510 g/mol. The fourth-order valence-corrected chi connectivity index (χ4v) is 4.76.